The first-order chi connectivity index (χ1) is 13.1. The molecule has 1 aromatic heterocycles. The summed E-state index contributed by atoms with van der Waals surface area (Å²) in [5.41, 5.74) is 1.61. The molecule has 27 heavy (non-hydrogen) atoms. The van der Waals surface area contributed by atoms with Crippen LogP contribution >= 0.6 is 11.6 Å². The molecule has 6 nitrogen and oxygen atoms in total. The van der Waals surface area contributed by atoms with Gasteiger partial charge in [-0.15, -0.1) is 0 Å². The average molecular weight is 387 g/mol. The number of hydrogen-bond donors (Lipinski definition) is 3. The number of carbonyl (C=O) groups excluding carboxylic acids is 2. The van der Waals surface area contributed by atoms with Gasteiger partial charge in [0.05, 0.1) is 0 Å². The third-order valence-corrected chi connectivity index (χ3v) is 4.96. The van der Waals surface area contributed by atoms with Gasteiger partial charge in [-0.25, -0.2) is 4.79 Å². The molecule has 0 unspecified atom stereocenters. The summed E-state index contributed by atoms with van der Waals surface area (Å²) in [6.07, 6.45) is 6.60. The van der Waals surface area contributed by atoms with Gasteiger partial charge in [0.25, 0.3) is 5.91 Å². The number of nitrogens with zero attached hydrogens (tertiary/aromatic N) is 1. The van der Waals surface area contributed by atoms with Crippen molar-refractivity contribution in [2.45, 2.75) is 44.3 Å². The number of pyridine rings is 1. The Balaban J connectivity index is 1.37. The summed E-state index contributed by atoms with van der Waals surface area (Å²) in [5, 5.41) is 9.60. The van der Waals surface area contributed by atoms with Crippen LogP contribution in [0.2, 0.25) is 5.02 Å². The number of aromatic nitrogens is 1. The number of rotatable bonds is 5. The molecule has 7 heteroatoms. The lowest BCUT2D eigenvalue weighted by molar-refractivity contribution is 0.0924. The summed E-state index contributed by atoms with van der Waals surface area (Å²) >= 11 is 5.85. The highest BCUT2D eigenvalue weighted by Gasteiger charge is 2.23. The van der Waals surface area contributed by atoms with Crippen LogP contribution in [-0.4, -0.2) is 29.0 Å². The van der Waals surface area contributed by atoms with Crippen LogP contribution < -0.4 is 16.0 Å². The van der Waals surface area contributed by atoms with Crippen LogP contribution in [-0.2, 0) is 6.54 Å². The zero-order valence-corrected chi connectivity index (χ0v) is 15.7. The minimum absolute atomic E-state index is 0.0745. The molecule has 1 heterocycles. The molecular formula is C20H23ClN4O2. The first-order valence-corrected chi connectivity index (χ1v) is 9.47. The van der Waals surface area contributed by atoms with Gasteiger partial charge in [0.2, 0.25) is 0 Å². The molecule has 0 saturated heterocycles. The molecule has 1 saturated carbocycles. The van der Waals surface area contributed by atoms with E-state index in [4.69, 9.17) is 11.6 Å². The quantitative estimate of drug-likeness (QED) is 0.737. The van der Waals surface area contributed by atoms with E-state index in [-0.39, 0.29) is 24.0 Å². The van der Waals surface area contributed by atoms with Crippen molar-refractivity contribution in [1.82, 2.24) is 20.9 Å². The number of amides is 3. The van der Waals surface area contributed by atoms with Crippen molar-refractivity contribution in [2.24, 2.45) is 0 Å². The minimum atomic E-state index is -0.172. The van der Waals surface area contributed by atoms with Gasteiger partial charge in [-0.05, 0) is 55.5 Å². The molecule has 2 aromatic rings. The number of halogens is 1. The smallest absolute Gasteiger partial charge is 0.315 e. The van der Waals surface area contributed by atoms with Crippen molar-refractivity contribution < 1.29 is 9.59 Å². The van der Waals surface area contributed by atoms with Gasteiger partial charge in [-0.3, -0.25) is 9.78 Å². The van der Waals surface area contributed by atoms with Gasteiger partial charge in [0, 0.05) is 41.6 Å². The molecule has 0 bridgehead atoms. The third-order valence-electron chi connectivity index (χ3n) is 4.71. The molecular weight excluding hydrogens is 364 g/mol. The summed E-state index contributed by atoms with van der Waals surface area (Å²) in [6, 6.07) is 10.9. The first-order valence-electron chi connectivity index (χ1n) is 9.10. The Labute approximate surface area is 163 Å². The second-order valence-corrected chi connectivity index (χ2v) is 7.15. The molecule has 1 aliphatic carbocycles. The summed E-state index contributed by atoms with van der Waals surface area (Å²) in [6.45, 7) is 0.459. The molecule has 3 rings (SSSR count). The van der Waals surface area contributed by atoms with Gasteiger partial charge in [-0.2, -0.15) is 0 Å². The maximum absolute atomic E-state index is 12.2. The number of carbonyl (C=O) groups is 2. The van der Waals surface area contributed by atoms with Crippen LogP contribution in [0.3, 0.4) is 0 Å². The van der Waals surface area contributed by atoms with Crippen molar-refractivity contribution in [3.8, 4) is 0 Å². The lowest BCUT2D eigenvalue weighted by atomic mass is 9.91. The van der Waals surface area contributed by atoms with Crippen LogP contribution in [0.5, 0.6) is 0 Å². The Morgan fingerprint density at radius 1 is 0.926 bits per heavy atom. The van der Waals surface area contributed by atoms with Crippen LogP contribution in [0.4, 0.5) is 4.79 Å². The molecule has 1 aromatic carbocycles. The van der Waals surface area contributed by atoms with E-state index in [9.17, 15) is 9.59 Å². The van der Waals surface area contributed by atoms with Crippen molar-refractivity contribution in [2.75, 3.05) is 0 Å². The second-order valence-electron chi connectivity index (χ2n) is 6.71. The summed E-state index contributed by atoms with van der Waals surface area (Å²) < 4.78 is 0. The topological polar surface area (TPSA) is 83.1 Å². The summed E-state index contributed by atoms with van der Waals surface area (Å²) in [5.74, 6) is -0.0745. The molecule has 0 atom stereocenters. The number of urea groups is 1. The van der Waals surface area contributed by atoms with Gasteiger partial charge in [0.15, 0.2) is 0 Å². The van der Waals surface area contributed by atoms with Crippen LogP contribution in [0.25, 0.3) is 0 Å². The highest BCUT2D eigenvalue weighted by Crippen LogP contribution is 2.19. The van der Waals surface area contributed by atoms with Crippen molar-refractivity contribution in [3.05, 3.63) is 64.9 Å². The molecule has 1 aliphatic rings. The lowest BCUT2D eigenvalue weighted by Crippen LogP contribution is -2.46. The summed E-state index contributed by atoms with van der Waals surface area (Å²) in [4.78, 5) is 28.2. The molecule has 0 spiro atoms. The van der Waals surface area contributed by atoms with Crippen LogP contribution in [0.15, 0.2) is 48.8 Å². The minimum Gasteiger partial charge on any atom is -0.349 e. The predicted molar refractivity (Wildman–Crippen MR) is 105 cm³/mol. The van der Waals surface area contributed by atoms with Gasteiger partial charge in [-0.1, -0.05) is 23.7 Å². The van der Waals surface area contributed by atoms with Gasteiger partial charge < -0.3 is 16.0 Å². The first kappa shape index (κ1) is 19.2. The van der Waals surface area contributed by atoms with E-state index in [2.05, 4.69) is 20.9 Å². The van der Waals surface area contributed by atoms with Crippen molar-refractivity contribution >= 4 is 23.5 Å². The molecule has 1 fully saturated rings. The summed E-state index contributed by atoms with van der Waals surface area (Å²) in [7, 11) is 0. The van der Waals surface area contributed by atoms with Crippen LogP contribution in [0, 0.1) is 0 Å². The predicted octanol–water partition coefficient (Wildman–Crippen LogP) is 3.28. The Bertz CT molecular complexity index is 759. The van der Waals surface area contributed by atoms with E-state index in [0.717, 1.165) is 31.2 Å². The lowest BCUT2D eigenvalue weighted by Gasteiger charge is -2.29. The molecule has 0 radical (unpaired) electrons. The zero-order chi connectivity index (χ0) is 19.1. The molecule has 3 N–H and O–H groups in total. The average Bonchev–Trinajstić information content (AvgIpc) is 2.70. The standard InChI is InChI=1S/C20H23ClN4O2/c21-16-3-1-14(2-4-16)13-23-20(27)25-18-7-5-17(6-8-18)24-19(26)15-9-11-22-12-10-15/h1-4,9-12,17-18H,5-8,13H2,(H,24,26)(H2,23,25,27). The highest BCUT2D eigenvalue weighted by molar-refractivity contribution is 6.30. The van der Waals surface area contributed by atoms with E-state index < -0.39 is 0 Å². The Kier molecular flexibility index (Phi) is 6.65. The van der Waals surface area contributed by atoms with Gasteiger partial charge in [0.1, 0.15) is 0 Å². The Morgan fingerprint density at radius 2 is 1.52 bits per heavy atom. The van der Waals surface area contributed by atoms with Gasteiger partial charge >= 0.3 is 6.03 Å². The van der Waals surface area contributed by atoms with Crippen LogP contribution in [0.1, 0.15) is 41.6 Å². The molecule has 3 amide bonds. The fourth-order valence-electron chi connectivity index (χ4n) is 3.18. The SMILES string of the molecule is O=C(NCc1ccc(Cl)cc1)NC1CCC(NC(=O)c2ccncc2)CC1. The monoisotopic (exact) mass is 386 g/mol. The second kappa shape index (κ2) is 9.37. The fourth-order valence-corrected chi connectivity index (χ4v) is 3.30. The Morgan fingerprint density at radius 3 is 2.15 bits per heavy atom. The van der Waals surface area contributed by atoms with E-state index >= 15 is 0 Å². The third kappa shape index (κ3) is 5.96. The van der Waals surface area contributed by atoms with Crippen molar-refractivity contribution in [3.63, 3.8) is 0 Å². The normalized spacial score (nSPS) is 19.1. The largest absolute Gasteiger partial charge is 0.349 e. The van der Waals surface area contributed by atoms with E-state index in [0.29, 0.717) is 17.1 Å². The zero-order valence-electron chi connectivity index (χ0n) is 15.0. The molecule has 142 valence electrons. The Hall–Kier alpha value is -2.60. The maximum Gasteiger partial charge on any atom is 0.315 e. The number of hydrogen-bond acceptors (Lipinski definition) is 3. The van der Waals surface area contributed by atoms with E-state index in [1.807, 2.05) is 12.1 Å². The molecule has 0 aliphatic heterocycles. The highest BCUT2D eigenvalue weighted by atomic mass is 35.5. The van der Waals surface area contributed by atoms with E-state index in [1.54, 1.807) is 36.7 Å². The van der Waals surface area contributed by atoms with Crippen molar-refractivity contribution in [1.29, 1.82) is 0 Å². The maximum atomic E-state index is 12.2. The number of benzene rings is 1. The van der Waals surface area contributed by atoms with E-state index in [1.165, 1.54) is 0 Å². The number of nitrogens with one attached hydrogen (secondary N) is 3. The fraction of sp³-hybridized carbons (Fsp3) is 0.350.